The highest BCUT2D eigenvalue weighted by Gasteiger charge is 2.56. The molecule has 0 radical (unpaired) electrons. The van der Waals surface area contributed by atoms with E-state index >= 15 is 8.63 Å². The summed E-state index contributed by atoms with van der Waals surface area (Å²) in [7, 11) is 0. The van der Waals surface area contributed by atoms with E-state index in [-0.39, 0.29) is 6.61 Å². The van der Waals surface area contributed by atoms with Crippen LogP contribution in [0.2, 0.25) is 0 Å². The third-order valence-electron chi connectivity index (χ3n) is 4.82. The van der Waals surface area contributed by atoms with Crippen LogP contribution in [0.15, 0.2) is 20.2 Å². The van der Waals surface area contributed by atoms with Crippen LogP contribution in [0.25, 0.3) is 5.57 Å². The van der Waals surface area contributed by atoms with Crippen molar-refractivity contribution in [2.45, 2.75) is 34.6 Å². The van der Waals surface area contributed by atoms with E-state index < -0.39 is 12.9 Å². The largest absolute Gasteiger partial charge is 0.737 e. The van der Waals surface area contributed by atoms with Gasteiger partial charge in [0.15, 0.2) is 5.70 Å². The molecule has 2 aliphatic heterocycles. The van der Waals surface area contributed by atoms with E-state index in [1.165, 1.54) is 6.92 Å². The predicted octanol–water partition coefficient (Wildman–Crippen LogP) is 4.53. The standard InChI is InChI=1S/C16H17BBr2F2N2O2/c1-7-13(18)9(3)22-15(7)12(6-25-11(5)24)16-8(2)14(19)10(4)23(16)17(22,20)21/h6H2,1-5H3. The van der Waals surface area contributed by atoms with Crippen LogP contribution >= 0.6 is 31.9 Å². The van der Waals surface area contributed by atoms with Crippen molar-refractivity contribution in [2.24, 2.45) is 0 Å². The highest BCUT2D eigenvalue weighted by atomic mass is 79.9. The molecule has 134 valence electrons. The first-order valence-corrected chi connectivity index (χ1v) is 9.36. The normalized spacial score (nSPS) is 18.8. The van der Waals surface area contributed by atoms with E-state index in [1.807, 2.05) is 0 Å². The SMILES string of the molecule is CC(=O)OCC1=C2C(C)=C(Br)C(C)=[N+]2[B-](F)(F)n2c(C)c(Br)c(C)c21. The van der Waals surface area contributed by atoms with Crippen LogP contribution in [-0.2, 0) is 9.53 Å². The average molecular weight is 478 g/mol. The summed E-state index contributed by atoms with van der Waals surface area (Å²) in [5, 5.41) is 0. The van der Waals surface area contributed by atoms with Gasteiger partial charge in [-0.3, -0.25) is 4.79 Å². The van der Waals surface area contributed by atoms with Gasteiger partial charge in [-0.2, -0.15) is 0 Å². The van der Waals surface area contributed by atoms with Crippen LogP contribution in [-0.4, -0.2) is 34.2 Å². The molecule has 0 N–H and O–H groups in total. The molecule has 0 saturated carbocycles. The van der Waals surface area contributed by atoms with Crippen LogP contribution in [0.1, 0.15) is 37.7 Å². The summed E-state index contributed by atoms with van der Waals surface area (Å²) in [6.45, 7) is 4.08. The Kier molecular flexibility index (Phi) is 4.39. The van der Waals surface area contributed by atoms with Crippen LogP contribution in [0, 0.1) is 13.8 Å². The van der Waals surface area contributed by atoms with Gasteiger partial charge in [-0.25, -0.2) is 0 Å². The number of hydrogen-bond acceptors (Lipinski definition) is 2. The van der Waals surface area contributed by atoms with E-state index in [4.69, 9.17) is 4.74 Å². The molecule has 9 heteroatoms. The van der Waals surface area contributed by atoms with E-state index in [2.05, 4.69) is 31.9 Å². The molecule has 4 nitrogen and oxygen atoms in total. The summed E-state index contributed by atoms with van der Waals surface area (Å²) in [6.07, 6.45) is 0. The summed E-state index contributed by atoms with van der Waals surface area (Å²) >= 11 is 6.84. The number of allylic oxidation sites excluding steroid dienone is 2. The summed E-state index contributed by atoms with van der Waals surface area (Å²) in [6, 6.07) is 0. The molecule has 0 fully saturated rings. The Balaban J connectivity index is 2.43. The number of hydrogen-bond donors (Lipinski definition) is 0. The Morgan fingerprint density at radius 1 is 1.24 bits per heavy atom. The topological polar surface area (TPSA) is 34.2 Å². The number of nitrogens with zero attached hydrogens (tertiary/aromatic N) is 2. The number of carbonyl (C=O) groups excluding carboxylic acids is 1. The number of fused-ring (bicyclic) bond motifs is 2. The number of esters is 1. The monoisotopic (exact) mass is 476 g/mol. The molecule has 2 aliphatic rings. The Labute approximate surface area is 161 Å². The predicted molar refractivity (Wildman–Crippen MR) is 101 cm³/mol. The van der Waals surface area contributed by atoms with Crippen molar-refractivity contribution in [2.75, 3.05) is 6.61 Å². The molecule has 1 aromatic heterocycles. The third-order valence-corrected chi connectivity index (χ3v) is 7.16. The second-order valence-corrected chi connectivity index (χ2v) is 7.92. The lowest BCUT2D eigenvalue weighted by atomic mass is 9.86. The zero-order valence-electron chi connectivity index (χ0n) is 14.5. The minimum absolute atomic E-state index is 0.0606. The second-order valence-electron chi connectivity index (χ2n) is 6.33. The lowest BCUT2D eigenvalue weighted by Crippen LogP contribution is -2.51. The van der Waals surface area contributed by atoms with Gasteiger partial charge in [-0.1, -0.05) is 0 Å². The zero-order chi connectivity index (χ0) is 18.8. The first-order valence-electron chi connectivity index (χ1n) is 7.78. The highest BCUT2D eigenvalue weighted by Crippen LogP contribution is 2.46. The number of halogens is 4. The van der Waals surface area contributed by atoms with Crippen molar-refractivity contribution in [3.05, 3.63) is 37.2 Å². The second kappa shape index (κ2) is 5.91. The van der Waals surface area contributed by atoms with Gasteiger partial charge >= 0.3 is 12.9 Å². The molecule has 0 aromatic carbocycles. The molecular formula is C16H17BBr2F2N2O2. The van der Waals surface area contributed by atoms with Gasteiger partial charge < -0.3 is 22.3 Å². The molecule has 3 heterocycles. The van der Waals surface area contributed by atoms with Crippen molar-refractivity contribution in [3.8, 4) is 0 Å². The summed E-state index contributed by atoms with van der Waals surface area (Å²) < 4.78 is 39.6. The first-order chi connectivity index (χ1) is 11.5. The Morgan fingerprint density at radius 3 is 2.40 bits per heavy atom. The van der Waals surface area contributed by atoms with Crippen LogP contribution in [0.4, 0.5) is 8.63 Å². The van der Waals surface area contributed by atoms with Crippen LogP contribution in [0.5, 0.6) is 0 Å². The minimum atomic E-state index is -4.06. The van der Waals surface area contributed by atoms with E-state index in [9.17, 15) is 4.79 Å². The van der Waals surface area contributed by atoms with Gasteiger partial charge in [0.1, 0.15) is 12.3 Å². The molecule has 0 amide bonds. The Morgan fingerprint density at radius 2 is 1.84 bits per heavy atom. The highest BCUT2D eigenvalue weighted by molar-refractivity contribution is 9.12. The van der Waals surface area contributed by atoms with Crippen molar-refractivity contribution in [3.63, 3.8) is 0 Å². The molecule has 0 saturated heterocycles. The van der Waals surface area contributed by atoms with E-state index in [0.717, 1.165) is 8.96 Å². The molecular weight excluding hydrogens is 461 g/mol. The van der Waals surface area contributed by atoms with Crippen LogP contribution in [0.3, 0.4) is 0 Å². The molecule has 0 spiro atoms. The van der Waals surface area contributed by atoms with Crippen molar-refractivity contribution in [1.82, 2.24) is 4.48 Å². The summed E-state index contributed by atoms with van der Waals surface area (Å²) in [4.78, 5) is 11.3. The fourth-order valence-electron chi connectivity index (χ4n) is 3.72. The summed E-state index contributed by atoms with van der Waals surface area (Å²) in [5.74, 6) is -0.451. The lowest BCUT2D eigenvalue weighted by Gasteiger charge is -2.33. The number of ether oxygens (including phenoxy) is 1. The number of aromatic nitrogens is 1. The smallest absolute Gasteiger partial charge is 0.461 e. The van der Waals surface area contributed by atoms with Crippen LogP contribution < -0.4 is 0 Å². The molecule has 25 heavy (non-hydrogen) atoms. The molecule has 0 unspecified atom stereocenters. The Hall–Kier alpha value is -1.22. The van der Waals surface area contributed by atoms with E-state index in [0.29, 0.717) is 48.5 Å². The molecule has 0 aliphatic carbocycles. The van der Waals surface area contributed by atoms with Crippen molar-refractivity contribution in [1.29, 1.82) is 0 Å². The first kappa shape index (κ1) is 18.6. The summed E-state index contributed by atoms with van der Waals surface area (Å²) in [5.41, 5.74) is 3.73. The van der Waals surface area contributed by atoms with E-state index in [1.54, 1.807) is 27.7 Å². The van der Waals surface area contributed by atoms with Crippen molar-refractivity contribution >= 4 is 56.1 Å². The molecule has 0 bridgehead atoms. The fourth-order valence-corrected chi connectivity index (χ4v) is 4.47. The maximum absolute atomic E-state index is 15.5. The maximum atomic E-state index is 15.5. The minimum Gasteiger partial charge on any atom is -0.461 e. The lowest BCUT2D eigenvalue weighted by molar-refractivity contribution is -0.364. The van der Waals surface area contributed by atoms with Gasteiger partial charge in [0.25, 0.3) is 0 Å². The van der Waals surface area contributed by atoms with Gasteiger partial charge in [0, 0.05) is 29.6 Å². The van der Waals surface area contributed by atoms with Gasteiger partial charge in [0.2, 0.25) is 0 Å². The zero-order valence-corrected chi connectivity index (χ0v) is 17.7. The fraction of sp³-hybridized carbons (Fsp3) is 0.375. The Bertz CT molecular complexity index is 929. The van der Waals surface area contributed by atoms with Gasteiger partial charge in [-0.05, 0) is 63.9 Å². The maximum Gasteiger partial charge on any atom is 0.737 e. The molecule has 3 rings (SSSR count). The molecule has 1 aromatic rings. The van der Waals surface area contributed by atoms with Gasteiger partial charge in [-0.15, -0.1) is 0 Å². The number of carbonyl (C=O) groups is 1. The quantitative estimate of drug-likeness (QED) is 0.463. The average Bonchev–Trinajstić information content (AvgIpc) is 2.89. The van der Waals surface area contributed by atoms with Gasteiger partial charge in [0.05, 0.1) is 10.1 Å². The van der Waals surface area contributed by atoms with Crippen molar-refractivity contribution < 1.29 is 22.6 Å². The number of rotatable bonds is 2. The molecule has 0 atom stereocenters. The third kappa shape index (κ3) is 2.42.